The largest absolute Gasteiger partial charge is 0.343 e. The predicted molar refractivity (Wildman–Crippen MR) is 135 cm³/mol. The second-order valence-corrected chi connectivity index (χ2v) is 25.1. The van der Waals surface area contributed by atoms with Gasteiger partial charge in [-0.25, -0.2) is 8.78 Å². The van der Waals surface area contributed by atoms with Gasteiger partial charge in [0, 0.05) is 6.04 Å². The van der Waals surface area contributed by atoms with Crippen molar-refractivity contribution >= 4 is 40.9 Å². The van der Waals surface area contributed by atoms with Crippen LogP contribution in [0.4, 0.5) is 8.78 Å². The number of nitrogens with zero attached hydrogens (tertiary/aromatic N) is 1. The van der Waals surface area contributed by atoms with Gasteiger partial charge in [-0.05, 0) is 63.6 Å². The Morgan fingerprint density at radius 2 is 1.66 bits per heavy atom. The molecule has 32 heavy (non-hydrogen) atoms. The number of halogens is 3. The van der Waals surface area contributed by atoms with Crippen LogP contribution in [0.15, 0.2) is 18.2 Å². The number of rotatable bonds is 6. The van der Waals surface area contributed by atoms with Gasteiger partial charge >= 0.3 is 7.60 Å². The van der Waals surface area contributed by atoms with Crippen LogP contribution < -0.4 is 0 Å². The lowest BCUT2D eigenvalue weighted by Crippen LogP contribution is -2.41. The zero-order valence-electron chi connectivity index (χ0n) is 19.6. The van der Waals surface area contributed by atoms with Crippen molar-refractivity contribution in [2.24, 2.45) is 0 Å². The molecule has 1 aromatic rings. The fourth-order valence-electron chi connectivity index (χ4n) is 4.26. The molecule has 2 heterocycles. The summed E-state index contributed by atoms with van der Waals surface area (Å²) in [7, 11) is -3.59. The van der Waals surface area contributed by atoms with E-state index in [9.17, 15) is 18.1 Å². The van der Waals surface area contributed by atoms with Crippen LogP contribution in [0.2, 0.25) is 19.6 Å². The number of hydrogen-bond acceptors (Lipinski definition) is 4. The molecule has 0 aliphatic carbocycles. The molecule has 3 rings (SSSR count). The summed E-state index contributed by atoms with van der Waals surface area (Å²) in [6.07, 6.45) is 3.43. The Morgan fingerprint density at radius 1 is 1.06 bits per heavy atom. The summed E-state index contributed by atoms with van der Waals surface area (Å²) < 4.78 is 51.2. The van der Waals surface area contributed by atoms with Gasteiger partial charge in [0.1, 0.15) is 11.2 Å². The zero-order valence-corrected chi connectivity index (χ0v) is 23.6. The standard InChI is InChI=1S/C19H26F2NO4P.C3H9ISi/c1-3-25-27(24,26-4-2)18-7-5-6-14-9-11-17(22(14)19(18)23)13-8-10-15(20)16(21)12-13;1-5(2,3)4/h8,10,12,14,17-18H,3-7,9,11H2,1-2H3;1-3H3/t14-,17-,18?;/m1./s1. The monoisotopic (exact) mass is 601 g/mol. The van der Waals surface area contributed by atoms with Crippen LogP contribution >= 0.6 is 29.4 Å². The highest BCUT2D eigenvalue weighted by Gasteiger charge is 2.49. The van der Waals surface area contributed by atoms with Gasteiger partial charge in [0.2, 0.25) is 5.91 Å². The van der Waals surface area contributed by atoms with Gasteiger partial charge in [0.15, 0.2) is 11.6 Å². The Hall–Kier alpha value is -0.353. The maximum atomic E-state index is 13.7. The first kappa shape index (κ1) is 27.9. The van der Waals surface area contributed by atoms with E-state index in [1.807, 2.05) is 0 Å². The fraction of sp³-hybridized carbons (Fsp3) is 0.682. The number of benzene rings is 1. The highest BCUT2D eigenvalue weighted by Crippen LogP contribution is 2.57. The first-order valence-corrected chi connectivity index (χ1v) is 19.5. The second-order valence-electron chi connectivity index (χ2n) is 9.06. The molecule has 2 aliphatic heterocycles. The molecule has 0 radical (unpaired) electrons. The molecule has 0 aromatic heterocycles. The Labute approximate surface area is 204 Å². The van der Waals surface area contributed by atoms with Gasteiger partial charge in [-0.1, -0.05) is 25.7 Å². The Balaban J connectivity index is 0.000000654. The molecule has 1 unspecified atom stereocenters. The van der Waals surface area contributed by atoms with Crippen LogP contribution in [0.1, 0.15) is 57.6 Å². The third kappa shape index (κ3) is 7.32. The minimum absolute atomic E-state index is 0.0114. The van der Waals surface area contributed by atoms with E-state index in [0.29, 0.717) is 18.4 Å². The molecule has 2 fully saturated rings. The predicted octanol–water partition coefficient (Wildman–Crippen LogP) is 7.07. The molecular weight excluding hydrogens is 566 g/mol. The topological polar surface area (TPSA) is 55.8 Å². The molecule has 0 N–H and O–H groups in total. The van der Waals surface area contributed by atoms with Crippen LogP contribution in [0.3, 0.4) is 0 Å². The minimum atomic E-state index is -3.59. The van der Waals surface area contributed by atoms with Gasteiger partial charge in [-0.2, -0.15) is 0 Å². The van der Waals surface area contributed by atoms with Crippen molar-refractivity contribution in [3.63, 3.8) is 0 Å². The molecular formula is C22H35F2INO4PSi. The molecule has 0 bridgehead atoms. The molecule has 0 spiro atoms. The van der Waals surface area contributed by atoms with Crippen molar-refractivity contribution in [2.45, 2.75) is 83.3 Å². The number of carbonyl (C=O) groups excluding carboxylic acids is 1. The fourth-order valence-corrected chi connectivity index (χ4v) is 6.32. The van der Waals surface area contributed by atoms with Gasteiger partial charge in [0.25, 0.3) is 0 Å². The number of amides is 1. The number of hydrogen-bond donors (Lipinski definition) is 0. The van der Waals surface area contributed by atoms with E-state index in [1.165, 1.54) is 6.07 Å². The molecule has 10 heteroatoms. The molecule has 1 amide bonds. The Morgan fingerprint density at radius 3 is 2.19 bits per heavy atom. The van der Waals surface area contributed by atoms with Gasteiger partial charge < -0.3 is 13.9 Å². The third-order valence-electron chi connectivity index (χ3n) is 5.39. The van der Waals surface area contributed by atoms with Crippen LogP contribution in [0, 0.1) is 11.6 Å². The van der Waals surface area contributed by atoms with E-state index in [2.05, 4.69) is 41.4 Å². The summed E-state index contributed by atoms with van der Waals surface area (Å²) in [6, 6.07) is 3.42. The summed E-state index contributed by atoms with van der Waals surface area (Å²) in [5, 5.41) is 0. The quantitative estimate of drug-likeness (QED) is 0.152. The second kappa shape index (κ2) is 11.9. The summed E-state index contributed by atoms with van der Waals surface area (Å²) in [5.74, 6) is -2.11. The van der Waals surface area contributed by atoms with Crippen LogP contribution in [0.5, 0.6) is 0 Å². The molecule has 3 atom stereocenters. The van der Waals surface area contributed by atoms with Crippen LogP contribution in [0.25, 0.3) is 0 Å². The van der Waals surface area contributed by atoms with E-state index in [-0.39, 0.29) is 31.2 Å². The summed E-state index contributed by atoms with van der Waals surface area (Å²) in [5.41, 5.74) is -0.932. The van der Waals surface area contributed by atoms with Crippen molar-refractivity contribution in [3.8, 4) is 0 Å². The minimum Gasteiger partial charge on any atom is -0.332 e. The third-order valence-corrected chi connectivity index (χ3v) is 7.86. The van der Waals surface area contributed by atoms with Crippen molar-refractivity contribution < 1.29 is 27.2 Å². The number of carbonyl (C=O) groups is 1. The van der Waals surface area contributed by atoms with E-state index < -0.39 is 30.5 Å². The first-order valence-electron chi connectivity index (χ1n) is 11.3. The summed E-state index contributed by atoms with van der Waals surface area (Å²) in [4.78, 5) is 15.1. The number of fused-ring (bicyclic) bond motifs is 1. The SMILES string of the molecule is CCOP(=O)(OCC)C1CCC[C@@H]2CC[C@H](c3ccc(F)c(F)c3)N2C1=O.C[Si](C)(C)I. The molecule has 2 saturated heterocycles. The van der Waals surface area contributed by atoms with Crippen molar-refractivity contribution in [3.05, 3.63) is 35.4 Å². The summed E-state index contributed by atoms with van der Waals surface area (Å²) >= 11 is 2.52. The molecule has 2 aliphatic rings. The van der Waals surface area contributed by atoms with E-state index >= 15 is 0 Å². The smallest absolute Gasteiger partial charge is 0.332 e. The van der Waals surface area contributed by atoms with Gasteiger partial charge in [-0.15, -0.1) is 21.8 Å². The molecule has 5 nitrogen and oxygen atoms in total. The lowest BCUT2D eigenvalue weighted by Gasteiger charge is -2.33. The Kier molecular flexibility index (Phi) is 10.3. The molecule has 0 saturated carbocycles. The molecule has 182 valence electrons. The zero-order chi connectivity index (χ0) is 24.1. The highest BCUT2D eigenvalue weighted by atomic mass is 127. The van der Waals surface area contributed by atoms with Crippen molar-refractivity contribution in [1.82, 2.24) is 4.90 Å². The summed E-state index contributed by atoms with van der Waals surface area (Å²) in [6.45, 7) is 10.8. The van der Waals surface area contributed by atoms with E-state index in [1.54, 1.807) is 18.7 Å². The van der Waals surface area contributed by atoms with Crippen LogP contribution in [-0.2, 0) is 18.4 Å². The van der Waals surface area contributed by atoms with Crippen molar-refractivity contribution in [2.75, 3.05) is 13.2 Å². The maximum absolute atomic E-state index is 13.7. The Bertz CT molecular complexity index is 823. The van der Waals surface area contributed by atoms with Crippen LogP contribution in [-0.4, -0.2) is 41.3 Å². The normalized spacial score (nSPS) is 23.9. The maximum Gasteiger partial charge on any atom is 0.343 e. The van der Waals surface area contributed by atoms with Gasteiger partial charge in [-0.3, -0.25) is 9.36 Å². The van der Waals surface area contributed by atoms with E-state index in [4.69, 9.17) is 9.05 Å². The average molecular weight is 601 g/mol. The van der Waals surface area contributed by atoms with E-state index in [0.717, 1.165) is 31.4 Å². The first-order chi connectivity index (χ1) is 14.9. The lowest BCUT2D eigenvalue weighted by molar-refractivity contribution is -0.133. The van der Waals surface area contributed by atoms with Crippen molar-refractivity contribution in [1.29, 1.82) is 0 Å². The average Bonchev–Trinajstić information content (AvgIpc) is 3.02. The lowest BCUT2D eigenvalue weighted by atomic mass is 10.0. The molecule has 1 aromatic carbocycles. The highest BCUT2D eigenvalue weighted by molar-refractivity contribution is 14.1. The van der Waals surface area contributed by atoms with Gasteiger partial charge in [0.05, 0.1) is 19.3 Å².